The summed E-state index contributed by atoms with van der Waals surface area (Å²) >= 11 is 0. The summed E-state index contributed by atoms with van der Waals surface area (Å²) < 4.78 is 13.5. The monoisotopic (exact) mass is 639 g/mol. The summed E-state index contributed by atoms with van der Waals surface area (Å²) in [6.07, 6.45) is 9.91. The number of rotatable bonds is 6. The highest BCUT2D eigenvalue weighted by molar-refractivity contribution is 5.96. The van der Waals surface area contributed by atoms with Gasteiger partial charge in [0.2, 0.25) is 24.6 Å². The number of anilines is 1. The molecule has 254 valence electrons. The van der Waals surface area contributed by atoms with Gasteiger partial charge in [0.15, 0.2) is 0 Å². The summed E-state index contributed by atoms with van der Waals surface area (Å²) in [6, 6.07) is 7.23. The van der Waals surface area contributed by atoms with Gasteiger partial charge in [-0.2, -0.15) is 5.26 Å². The highest BCUT2D eigenvalue weighted by Gasteiger charge is 2.59. The molecular formula is C36H54FN5O4. The van der Waals surface area contributed by atoms with E-state index in [1.54, 1.807) is 32.3 Å². The molecule has 10 heteroatoms. The van der Waals surface area contributed by atoms with Crippen LogP contribution in [0.25, 0.3) is 0 Å². The number of fused-ring (bicyclic) bond motifs is 1. The van der Waals surface area contributed by atoms with Gasteiger partial charge in [-0.1, -0.05) is 59.6 Å². The molecule has 1 spiro atoms. The van der Waals surface area contributed by atoms with E-state index in [4.69, 9.17) is 5.26 Å². The number of nitriles is 1. The third kappa shape index (κ3) is 10.0. The third-order valence-electron chi connectivity index (χ3n) is 10.2. The summed E-state index contributed by atoms with van der Waals surface area (Å²) in [6.45, 7) is 14.9. The highest BCUT2D eigenvalue weighted by atomic mass is 19.1. The first kappa shape index (κ1) is 37.0. The second kappa shape index (κ2) is 16.4. The normalized spacial score (nSPS) is 29.3. The first-order valence-electron chi connectivity index (χ1n) is 16.9. The Kier molecular flexibility index (Phi) is 13.2. The molecule has 1 aromatic carbocycles. The van der Waals surface area contributed by atoms with E-state index >= 15 is 0 Å². The molecule has 0 aromatic heterocycles. The Labute approximate surface area is 274 Å². The van der Waals surface area contributed by atoms with Gasteiger partial charge in [0.1, 0.15) is 11.9 Å². The van der Waals surface area contributed by atoms with Gasteiger partial charge in [0.25, 0.3) is 0 Å². The molecule has 2 N–H and O–H groups in total. The van der Waals surface area contributed by atoms with Gasteiger partial charge in [0.05, 0.1) is 23.7 Å². The SMILES string of the molecule is CC(C)C.CC1(C(=O)Nc2ccccc2F)CC(C#N)N(C=O)C1.CC1CC12CC2.CC1CCCC2CN(C(=O)CNC=O)CC12. The maximum Gasteiger partial charge on any atom is 0.241 e. The molecule has 4 amide bonds. The Balaban J connectivity index is 0.000000194. The van der Waals surface area contributed by atoms with Crippen LogP contribution in [0.1, 0.15) is 86.5 Å². The number of benzene rings is 1. The van der Waals surface area contributed by atoms with E-state index in [9.17, 15) is 23.6 Å². The van der Waals surface area contributed by atoms with Crippen LogP contribution in [0, 0.1) is 57.6 Å². The molecule has 9 nitrogen and oxygen atoms in total. The molecule has 5 fully saturated rings. The number of hydrogen-bond acceptors (Lipinski definition) is 5. The Morgan fingerprint density at radius 3 is 2.24 bits per heavy atom. The van der Waals surface area contributed by atoms with Gasteiger partial charge in [0, 0.05) is 19.6 Å². The van der Waals surface area contributed by atoms with Crippen LogP contribution in [-0.2, 0) is 19.2 Å². The minimum absolute atomic E-state index is 0.0636. The van der Waals surface area contributed by atoms with Gasteiger partial charge < -0.3 is 20.4 Å². The fourth-order valence-corrected chi connectivity index (χ4v) is 6.97. The summed E-state index contributed by atoms with van der Waals surface area (Å²) in [4.78, 5) is 48.3. The maximum atomic E-state index is 13.5. The van der Waals surface area contributed by atoms with Crippen molar-refractivity contribution in [2.45, 2.75) is 92.5 Å². The minimum atomic E-state index is -0.899. The fraction of sp³-hybridized carbons (Fsp3) is 0.694. The number of nitrogens with one attached hydrogen (secondary N) is 2. The zero-order valence-electron chi connectivity index (χ0n) is 28.6. The molecule has 5 aliphatic rings. The number of nitrogens with zero attached hydrogens (tertiary/aromatic N) is 3. The van der Waals surface area contributed by atoms with Crippen molar-refractivity contribution in [1.82, 2.24) is 15.1 Å². The molecule has 0 radical (unpaired) electrons. The summed E-state index contributed by atoms with van der Waals surface area (Å²) in [5.74, 6) is 3.22. The molecule has 3 saturated carbocycles. The zero-order chi connectivity index (χ0) is 34.1. The molecule has 3 aliphatic carbocycles. The van der Waals surface area contributed by atoms with Gasteiger partial charge in [-0.25, -0.2) is 4.39 Å². The molecule has 6 rings (SSSR count). The van der Waals surface area contributed by atoms with Crippen molar-refractivity contribution < 1.29 is 23.6 Å². The van der Waals surface area contributed by atoms with E-state index < -0.39 is 23.2 Å². The van der Waals surface area contributed by atoms with Crippen molar-refractivity contribution in [2.24, 2.45) is 40.4 Å². The Morgan fingerprint density at radius 2 is 1.76 bits per heavy atom. The number of likely N-dealkylation sites (tertiary alicyclic amines) is 2. The van der Waals surface area contributed by atoms with Crippen LogP contribution in [-0.4, -0.2) is 66.7 Å². The van der Waals surface area contributed by atoms with E-state index in [-0.39, 0.29) is 31.1 Å². The topological polar surface area (TPSA) is 123 Å². The van der Waals surface area contributed by atoms with E-state index in [0.717, 1.165) is 36.3 Å². The molecule has 0 bridgehead atoms. The van der Waals surface area contributed by atoms with Crippen LogP contribution in [0.2, 0.25) is 0 Å². The van der Waals surface area contributed by atoms with Crippen LogP contribution in [0.15, 0.2) is 24.3 Å². The van der Waals surface area contributed by atoms with Crippen molar-refractivity contribution in [3.05, 3.63) is 30.1 Å². The van der Waals surface area contributed by atoms with Crippen LogP contribution in [0.4, 0.5) is 10.1 Å². The van der Waals surface area contributed by atoms with Crippen molar-refractivity contribution >= 4 is 30.3 Å². The predicted molar refractivity (Wildman–Crippen MR) is 177 cm³/mol. The Hall–Kier alpha value is -3.48. The van der Waals surface area contributed by atoms with Crippen molar-refractivity contribution in [3.8, 4) is 6.07 Å². The van der Waals surface area contributed by atoms with Crippen LogP contribution >= 0.6 is 0 Å². The van der Waals surface area contributed by atoms with Gasteiger partial charge in [-0.15, -0.1) is 0 Å². The quantitative estimate of drug-likeness (QED) is 0.391. The predicted octanol–water partition coefficient (Wildman–Crippen LogP) is 5.62. The van der Waals surface area contributed by atoms with Crippen LogP contribution in [0.3, 0.4) is 0 Å². The second-order valence-corrected chi connectivity index (χ2v) is 15.0. The Morgan fingerprint density at radius 1 is 1.11 bits per heavy atom. The summed E-state index contributed by atoms with van der Waals surface area (Å²) in [5.41, 5.74) is 0.153. The van der Waals surface area contributed by atoms with Crippen molar-refractivity contribution in [2.75, 3.05) is 31.5 Å². The molecule has 6 unspecified atom stereocenters. The first-order chi connectivity index (χ1) is 21.8. The average Bonchev–Trinajstić information content (AvgIpc) is 3.81. The summed E-state index contributed by atoms with van der Waals surface area (Å²) in [5, 5.41) is 13.9. The average molecular weight is 640 g/mol. The molecule has 6 atom stereocenters. The number of halogens is 1. The molecule has 2 aliphatic heterocycles. The largest absolute Gasteiger partial charge is 0.350 e. The lowest BCUT2D eigenvalue weighted by Crippen LogP contribution is -2.36. The molecule has 2 saturated heterocycles. The fourth-order valence-electron chi connectivity index (χ4n) is 6.97. The van der Waals surface area contributed by atoms with Crippen LogP contribution < -0.4 is 10.6 Å². The van der Waals surface area contributed by atoms with E-state index in [1.165, 1.54) is 42.4 Å². The van der Waals surface area contributed by atoms with Gasteiger partial charge >= 0.3 is 0 Å². The smallest absolute Gasteiger partial charge is 0.241 e. The lowest BCUT2D eigenvalue weighted by atomic mass is 9.75. The van der Waals surface area contributed by atoms with E-state index in [2.05, 4.69) is 45.3 Å². The van der Waals surface area contributed by atoms with E-state index in [0.29, 0.717) is 24.7 Å². The zero-order valence-corrected chi connectivity index (χ0v) is 28.6. The minimum Gasteiger partial charge on any atom is -0.350 e. The van der Waals surface area contributed by atoms with Crippen LogP contribution in [0.5, 0.6) is 0 Å². The number of para-hydroxylation sites is 1. The number of carbonyl (C=O) groups is 4. The third-order valence-corrected chi connectivity index (χ3v) is 10.2. The standard InChI is InChI=1S/C14H14FN3O2.C12H20N2O2.C6H10.C4H10/c1-14(6-10(7-16)18(8-14)9-19)13(20)17-12-5-3-2-4-11(12)15;1-9-3-2-4-10-6-14(7-11(9)10)12(16)5-13-8-15;1-5-4-6(5)2-3-6;1-4(2)3/h2-5,9-10H,6,8H2,1H3,(H,17,20);8-11H,2-7H2,1H3,(H,13,15);5H,2-4H2,1H3;4H,1-3H3. The van der Waals surface area contributed by atoms with Gasteiger partial charge in [-0.05, 0) is 86.2 Å². The summed E-state index contributed by atoms with van der Waals surface area (Å²) in [7, 11) is 0. The van der Waals surface area contributed by atoms with Gasteiger partial charge in [-0.3, -0.25) is 19.2 Å². The van der Waals surface area contributed by atoms with Crippen molar-refractivity contribution in [3.63, 3.8) is 0 Å². The molecule has 1 aromatic rings. The lowest BCUT2D eigenvalue weighted by Gasteiger charge is -2.29. The number of carbonyl (C=O) groups excluding carboxylic acids is 4. The second-order valence-electron chi connectivity index (χ2n) is 15.0. The molecule has 46 heavy (non-hydrogen) atoms. The highest BCUT2D eigenvalue weighted by Crippen LogP contribution is 2.70. The number of hydrogen-bond donors (Lipinski definition) is 2. The first-order valence-corrected chi connectivity index (χ1v) is 16.9. The Bertz CT molecular complexity index is 1240. The maximum absolute atomic E-state index is 13.5. The molecule has 2 heterocycles. The van der Waals surface area contributed by atoms with E-state index in [1.807, 2.05) is 11.0 Å². The van der Waals surface area contributed by atoms with Crippen molar-refractivity contribution in [1.29, 1.82) is 5.26 Å². The number of amides is 4. The lowest BCUT2D eigenvalue weighted by molar-refractivity contribution is -0.130. The molecular weight excluding hydrogens is 585 g/mol.